The molecule has 0 radical (unpaired) electrons. The molecule has 1 aliphatic rings. The number of anilines is 2. The van der Waals surface area contributed by atoms with Crippen LogP contribution in [0.1, 0.15) is 24.2 Å². The Morgan fingerprint density at radius 3 is 2.50 bits per heavy atom. The van der Waals surface area contributed by atoms with Crippen molar-refractivity contribution in [2.75, 3.05) is 43.0 Å². The lowest BCUT2D eigenvalue weighted by molar-refractivity contribution is 0.0371. The zero-order valence-corrected chi connectivity index (χ0v) is 21.4. The van der Waals surface area contributed by atoms with Crippen molar-refractivity contribution in [1.29, 1.82) is 0 Å². The van der Waals surface area contributed by atoms with Gasteiger partial charge in [-0.3, -0.25) is 9.52 Å². The van der Waals surface area contributed by atoms with Crippen LogP contribution in [-0.4, -0.2) is 80.4 Å². The van der Waals surface area contributed by atoms with Crippen molar-refractivity contribution in [3.63, 3.8) is 0 Å². The van der Waals surface area contributed by atoms with E-state index in [-0.39, 0.29) is 42.6 Å². The fraction of sp³-hybridized carbons (Fsp3) is 0.417. The molecule has 0 saturated heterocycles. The minimum Gasteiger partial charge on any atom is -0.487 e. The maximum absolute atomic E-state index is 13.4. The highest BCUT2D eigenvalue weighted by Gasteiger charge is 2.34. The normalized spacial score (nSPS) is 18.8. The van der Waals surface area contributed by atoms with Gasteiger partial charge in [0.1, 0.15) is 17.7 Å². The summed E-state index contributed by atoms with van der Waals surface area (Å²) in [6.07, 6.45) is 0.468. The van der Waals surface area contributed by atoms with E-state index >= 15 is 0 Å². The molecule has 3 rings (SSSR count). The number of aliphatic hydroxyl groups is 1. The predicted molar refractivity (Wildman–Crippen MR) is 134 cm³/mol. The Morgan fingerprint density at radius 1 is 1.25 bits per heavy atom. The van der Waals surface area contributed by atoms with Gasteiger partial charge < -0.3 is 25.0 Å². The van der Waals surface area contributed by atoms with E-state index in [1.165, 1.54) is 52.3 Å². The molecule has 3 atom stereocenters. The number of rotatable bonds is 7. The van der Waals surface area contributed by atoms with Crippen molar-refractivity contribution in [1.82, 2.24) is 9.80 Å². The molecular formula is C24H31FN4O6S. The van der Waals surface area contributed by atoms with Gasteiger partial charge in [0.05, 0.1) is 31.0 Å². The molecule has 36 heavy (non-hydrogen) atoms. The highest BCUT2D eigenvalue weighted by Crippen LogP contribution is 2.31. The first-order valence-corrected chi connectivity index (χ1v) is 13.2. The lowest BCUT2D eigenvalue weighted by Gasteiger charge is -2.38. The number of carbonyl (C=O) groups is 2. The van der Waals surface area contributed by atoms with E-state index in [1.807, 2.05) is 6.92 Å². The van der Waals surface area contributed by atoms with Crippen molar-refractivity contribution >= 4 is 33.3 Å². The fourth-order valence-corrected chi connectivity index (χ4v) is 4.38. The summed E-state index contributed by atoms with van der Waals surface area (Å²) >= 11 is 0. The highest BCUT2D eigenvalue weighted by atomic mass is 32.2. The van der Waals surface area contributed by atoms with Crippen LogP contribution >= 0.6 is 0 Å². The molecule has 2 aromatic rings. The van der Waals surface area contributed by atoms with Crippen LogP contribution in [0.2, 0.25) is 0 Å². The third-order valence-electron chi connectivity index (χ3n) is 5.86. The van der Waals surface area contributed by atoms with Gasteiger partial charge in [0, 0.05) is 30.9 Å². The fourth-order valence-electron chi connectivity index (χ4n) is 3.82. The van der Waals surface area contributed by atoms with Gasteiger partial charge in [-0.15, -0.1) is 0 Å². The predicted octanol–water partition coefficient (Wildman–Crippen LogP) is 2.58. The summed E-state index contributed by atoms with van der Waals surface area (Å²) < 4.78 is 45.1. The average molecular weight is 523 g/mol. The van der Waals surface area contributed by atoms with Gasteiger partial charge in [-0.25, -0.2) is 17.6 Å². The molecule has 0 saturated carbocycles. The number of benzene rings is 2. The van der Waals surface area contributed by atoms with Crippen LogP contribution in [0.4, 0.5) is 20.6 Å². The third-order valence-corrected chi connectivity index (χ3v) is 6.47. The molecule has 1 aliphatic heterocycles. The first kappa shape index (κ1) is 27.2. The minimum absolute atomic E-state index is 0.138. The van der Waals surface area contributed by atoms with Crippen molar-refractivity contribution in [2.45, 2.75) is 26.0 Å². The first-order chi connectivity index (χ1) is 16.9. The number of ether oxygens (including phenoxy) is 1. The summed E-state index contributed by atoms with van der Waals surface area (Å²) in [4.78, 5) is 29.0. The Hall–Kier alpha value is -3.38. The number of hydrogen-bond donors (Lipinski definition) is 3. The van der Waals surface area contributed by atoms with Gasteiger partial charge >= 0.3 is 6.03 Å². The van der Waals surface area contributed by atoms with Gasteiger partial charge in [-0.2, -0.15) is 0 Å². The summed E-state index contributed by atoms with van der Waals surface area (Å²) in [6, 6.07) is 8.85. The second-order valence-electron chi connectivity index (χ2n) is 9.03. The molecule has 196 valence electrons. The van der Waals surface area contributed by atoms with Crippen LogP contribution in [0.3, 0.4) is 0 Å². The molecule has 3 amide bonds. The van der Waals surface area contributed by atoms with E-state index in [1.54, 1.807) is 14.0 Å². The van der Waals surface area contributed by atoms with E-state index < -0.39 is 39.9 Å². The Balaban J connectivity index is 1.88. The van der Waals surface area contributed by atoms with Crippen LogP contribution in [0, 0.1) is 11.7 Å². The maximum Gasteiger partial charge on any atom is 0.321 e. The smallest absolute Gasteiger partial charge is 0.321 e. The number of hydrogen-bond acceptors (Lipinski definition) is 6. The molecule has 0 spiro atoms. The van der Waals surface area contributed by atoms with Crippen LogP contribution in [0.15, 0.2) is 42.5 Å². The summed E-state index contributed by atoms with van der Waals surface area (Å²) in [5, 5.41) is 12.4. The second-order valence-corrected chi connectivity index (χ2v) is 10.8. The van der Waals surface area contributed by atoms with Crippen LogP contribution < -0.4 is 14.8 Å². The van der Waals surface area contributed by atoms with E-state index in [0.29, 0.717) is 5.69 Å². The molecule has 0 aromatic heterocycles. The molecule has 1 heterocycles. The number of urea groups is 1. The zero-order valence-electron chi connectivity index (χ0n) is 20.6. The van der Waals surface area contributed by atoms with E-state index in [4.69, 9.17) is 4.74 Å². The second kappa shape index (κ2) is 11.1. The van der Waals surface area contributed by atoms with Crippen LogP contribution in [-0.2, 0) is 10.0 Å². The molecule has 3 N–H and O–H groups in total. The van der Waals surface area contributed by atoms with Crippen LogP contribution in [0.25, 0.3) is 0 Å². The number of aliphatic hydroxyl groups excluding tert-OH is 1. The first-order valence-electron chi connectivity index (χ1n) is 11.4. The molecular weight excluding hydrogens is 491 g/mol. The monoisotopic (exact) mass is 522 g/mol. The SMILES string of the molecule is C[C@H]1CN([C@@H](C)CO)C(=O)c2cc(NS(C)(=O)=O)ccc2O[C@H]1CN(C)C(=O)Nc1ccc(F)cc1. The molecule has 0 unspecified atom stereocenters. The van der Waals surface area contributed by atoms with Gasteiger partial charge in [-0.1, -0.05) is 6.92 Å². The number of amides is 3. The van der Waals surface area contributed by atoms with Crippen molar-refractivity contribution in [3.8, 4) is 5.75 Å². The lowest BCUT2D eigenvalue weighted by atomic mass is 9.99. The van der Waals surface area contributed by atoms with E-state index in [0.717, 1.165) is 6.26 Å². The third kappa shape index (κ3) is 6.85. The van der Waals surface area contributed by atoms with E-state index in [9.17, 15) is 27.5 Å². The summed E-state index contributed by atoms with van der Waals surface area (Å²) in [5.74, 6) is -0.816. The number of carbonyl (C=O) groups excluding carboxylic acids is 2. The molecule has 0 fully saturated rings. The summed E-state index contributed by atoms with van der Waals surface area (Å²) in [7, 11) is -1.98. The van der Waals surface area contributed by atoms with Gasteiger partial charge in [0.15, 0.2) is 0 Å². The number of nitrogens with zero attached hydrogens (tertiary/aromatic N) is 2. The number of likely N-dealkylation sites (N-methyl/N-ethyl adjacent to an activating group) is 1. The zero-order chi connectivity index (χ0) is 26.6. The Labute approximate surface area is 210 Å². The standard InChI is InChI=1S/C24H31FN4O6S/c1-15-12-29(16(2)14-30)23(31)20-11-19(27-36(4,33)34)9-10-21(20)35-22(15)13-28(3)24(32)26-18-7-5-17(25)6-8-18/h5-11,15-16,22,27,30H,12-14H2,1-4H3,(H,26,32)/t15-,16-,22-/m0/s1. The molecule has 2 aromatic carbocycles. The highest BCUT2D eigenvalue weighted by molar-refractivity contribution is 7.92. The minimum atomic E-state index is -3.57. The Bertz CT molecular complexity index is 1210. The maximum atomic E-state index is 13.4. The quantitative estimate of drug-likeness (QED) is 0.513. The number of fused-ring (bicyclic) bond motifs is 1. The summed E-state index contributed by atoms with van der Waals surface area (Å²) in [5.41, 5.74) is 0.773. The Kier molecular flexibility index (Phi) is 8.41. The van der Waals surface area contributed by atoms with E-state index in [2.05, 4.69) is 10.0 Å². The molecule has 10 nitrogen and oxygen atoms in total. The number of nitrogens with one attached hydrogen (secondary N) is 2. The van der Waals surface area contributed by atoms with Gasteiger partial charge in [0.25, 0.3) is 5.91 Å². The van der Waals surface area contributed by atoms with Gasteiger partial charge in [-0.05, 0) is 49.4 Å². The number of sulfonamides is 1. The molecule has 0 bridgehead atoms. The largest absolute Gasteiger partial charge is 0.487 e. The average Bonchev–Trinajstić information content (AvgIpc) is 2.81. The molecule has 0 aliphatic carbocycles. The van der Waals surface area contributed by atoms with Gasteiger partial charge in [0.2, 0.25) is 10.0 Å². The van der Waals surface area contributed by atoms with Crippen molar-refractivity contribution < 1.29 is 32.2 Å². The summed E-state index contributed by atoms with van der Waals surface area (Å²) in [6.45, 7) is 3.73. The molecule has 12 heteroatoms. The Morgan fingerprint density at radius 2 is 1.89 bits per heavy atom. The van der Waals surface area contributed by atoms with Crippen molar-refractivity contribution in [2.24, 2.45) is 5.92 Å². The van der Waals surface area contributed by atoms with Crippen molar-refractivity contribution in [3.05, 3.63) is 53.8 Å². The number of halogens is 1. The lowest BCUT2D eigenvalue weighted by Crippen LogP contribution is -2.50. The topological polar surface area (TPSA) is 128 Å². The van der Waals surface area contributed by atoms with Crippen LogP contribution in [0.5, 0.6) is 5.75 Å².